The number of hydrogen-bond donors (Lipinski definition) is 1. The first-order chi connectivity index (χ1) is 6.56. The molecule has 3 atom stereocenters. The topological polar surface area (TPSA) is 15.3 Å². The lowest BCUT2D eigenvalue weighted by Crippen LogP contribution is -2.41. The lowest BCUT2D eigenvalue weighted by atomic mass is 10.1. The summed E-state index contributed by atoms with van der Waals surface area (Å²) >= 11 is 0. The van der Waals surface area contributed by atoms with Gasteiger partial charge >= 0.3 is 0 Å². The van der Waals surface area contributed by atoms with Gasteiger partial charge in [-0.25, -0.2) is 0 Å². The van der Waals surface area contributed by atoms with Crippen LogP contribution in [0.25, 0.3) is 0 Å². The van der Waals surface area contributed by atoms with Gasteiger partial charge in [0.05, 0.1) is 0 Å². The van der Waals surface area contributed by atoms with E-state index in [1.807, 2.05) is 7.05 Å². The molecule has 0 aromatic heterocycles. The van der Waals surface area contributed by atoms with Crippen LogP contribution < -0.4 is 5.32 Å². The normalized spacial score (nSPS) is 23.6. The van der Waals surface area contributed by atoms with Crippen LogP contribution in [0.3, 0.4) is 0 Å². The van der Waals surface area contributed by atoms with Crippen LogP contribution in [0.2, 0.25) is 0 Å². The molecule has 0 aromatic carbocycles. The van der Waals surface area contributed by atoms with Crippen LogP contribution in [0.5, 0.6) is 0 Å². The third kappa shape index (κ3) is 3.25. The van der Waals surface area contributed by atoms with Gasteiger partial charge in [0.15, 0.2) is 0 Å². The molecule has 2 nitrogen and oxygen atoms in total. The molecule has 0 heterocycles. The van der Waals surface area contributed by atoms with E-state index in [2.05, 4.69) is 38.0 Å². The van der Waals surface area contributed by atoms with Crippen molar-refractivity contribution in [3.05, 3.63) is 0 Å². The number of hydrogen-bond acceptors (Lipinski definition) is 2. The molecule has 0 aliphatic heterocycles. The van der Waals surface area contributed by atoms with Gasteiger partial charge in [-0.1, -0.05) is 0 Å². The van der Waals surface area contributed by atoms with Gasteiger partial charge in [0.25, 0.3) is 0 Å². The van der Waals surface area contributed by atoms with E-state index >= 15 is 0 Å². The summed E-state index contributed by atoms with van der Waals surface area (Å²) in [5.41, 5.74) is 0. The molecule has 1 fully saturated rings. The molecule has 14 heavy (non-hydrogen) atoms. The molecule has 1 aliphatic carbocycles. The maximum absolute atomic E-state index is 3.31. The standard InChI is InChI=1S/C12H26N2/c1-9(13-4)8-10(2)14(5)11(3)12-6-7-12/h9-13H,6-8H2,1-5H3. The highest BCUT2D eigenvalue weighted by Gasteiger charge is 2.32. The Morgan fingerprint density at radius 2 is 1.86 bits per heavy atom. The van der Waals surface area contributed by atoms with Crippen molar-refractivity contribution in [1.29, 1.82) is 0 Å². The first kappa shape index (κ1) is 12.0. The van der Waals surface area contributed by atoms with Crippen LogP contribution in [-0.2, 0) is 0 Å². The molecule has 0 bridgehead atoms. The quantitative estimate of drug-likeness (QED) is 0.703. The predicted molar refractivity (Wildman–Crippen MR) is 62.5 cm³/mol. The Morgan fingerprint density at radius 1 is 1.29 bits per heavy atom. The van der Waals surface area contributed by atoms with Crippen LogP contribution >= 0.6 is 0 Å². The molecule has 1 rings (SSSR count). The molecule has 2 heteroatoms. The van der Waals surface area contributed by atoms with Crippen LogP contribution in [0.4, 0.5) is 0 Å². The minimum atomic E-state index is 0.624. The van der Waals surface area contributed by atoms with E-state index in [0.717, 1.165) is 12.0 Å². The highest BCUT2D eigenvalue weighted by molar-refractivity contribution is 4.86. The van der Waals surface area contributed by atoms with Crippen molar-refractivity contribution in [2.24, 2.45) is 5.92 Å². The van der Waals surface area contributed by atoms with Gasteiger partial charge in [0.2, 0.25) is 0 Å². The Balaban J connectivity index is 2.30. The van der Waals surface area contributed by atoms with Crippen molar-refractivity contribution in [3.63, 3.8) is 0 Å². The number of nitrogens with zero attached hydrogens (tertiary/aromatic N) is 1. The van der Waals surface area contributed by atoms with Gasteiger partial charge in [0, 0.05) is 18.1 Å². The average molecular weight is 198 g/mol. The van der Waals surface area contributed by atoms with Crippen molar-refractivity contribution >= 4 is 0 Å². The van der Waals surface area contributed by atoms with E-state index in [0.29, 0.717) is 12.1 Å². The smallest absolute Gasteiger partial charge is 0.00949 e. The molecule has 1 N–H and O–H groups in total. The van der Waals surface area contributed by atoms with Crippen LogP contribution in [0.1, 0.15) is 40.0 Å². The van der Waals surface area contributed by atoms with E-state index in [4.69, 9.17) is 0 Å². The fourth-order valence-corrected chi connectivity index (χ4v) is 2.11. The average Bonchev–Trinajstić information content (AvgIpc) is 2.98. The van der Waals surface area contributed by atoms with Gasteiger partial charge in [-0.3, -0.25) is 0 Å². The largest absolute Gasteiger partial charge is 0.317 e. The number of nitrogens with one attached hydrogen (secondary N) is 1. The lowest BCUT2D eigenvalue weighted by Gasteiger charge is -2.32. The Kier molecular flexibility index (Phi) is 4.39. The predicted octanol–water partition coefficient (Wildman–Crippen LogP) is 2.10. The summed E-state index contributed by atoms with van der Waals surface area (Å²) in [6.45, 7) is 6.97. The molecule has 3 unspecified atom stereocenters. The van der Waals surface area contributed by atoms with E-state index < -0.39 is 0 Å². The summed E-state index contributed by atoms with van der Waals surface area (Å²) < 4.78 is 0. The van der Waals surface area contributed by atoms with Crippen molar-refractivity contribution in [3.8, 4) is 0 Å². The molecule has 0 spiro atoms. The van der Waals surface area contributed by atoms with Crippen molar-refractivity contribution in [2.45, 2.75) is 58.2 Å². The molecular formula is C12H26N2. The minimum absolute atomic E-state index is 0.624. The fraction of sp³-hybridized carbons (Fsp3) is 1.00. The summed E-state index contributed by atoms with van der Waals surface area (Å²) in [6, 6.07) is 2.08. The highest BCUT2D eigenvalue weighted by Crippen LogP contribution is 2.35. The maximum Gasteiger partial charge on any atom is 0.00949 e. The summed E-state index contributed by atoms with van der Waals surface area (Å²) in [5.74, 6) is 0.979. The molecule has 1 saturated carbocycles. The minimum Gasteiger partial charge on any atom is -0.317 e. The Bertz CT molecular complexity index is 166. The number of rotatable bonds is 6. The fourth-order valence-electron chi connectivity index (χ4n) is 2.11. The summed E-state index contributed by atoms with van der Waals surface area (Å²) in [6.07, 6.45) is 4.13. The zero-order chi connectivity index (χ0) is 10.7. The van der Waals surface area contributed by atoms with E-state index in [9.17, 15) is 0 Å². The van der Waals surface area contributed by atoms with Gasteiger partial charge in [0.1, 0.15) is 0 Å². The second-order valence-corrected chi connectivity index (χ2v) is 5.02. The van der Waals surface area contributed by atoms with Crippen molar-refractivity contribution in [1.82, 2.24) is 10.2 Å². The molecule has 1 aliphatic rings. The van der Waals surface area contributed by atoms with Crippen LogP contribution in [0, 0.1) is 5.92 Å². The second kappa shape index (κ2) is 5.13. The third-order valence-electron chi connectivity index (χ3n) is 3.83. The Labute approximate surface area is 89.1 Å². The highest BCUT2D eigenvalue weighted by atomic mass is 15.2. The lowest BCUT2D eigenvalue weighted by molar-refractivity contribution is 0.162. The molecule has 84 valence electrons. The van der Waals surface area contributed by atoms with E-state index in [-0.39, 0.29) is 0 Å². The van der Waals surface area contributed by atoms with Crippen LogP contribution in [-0.4, -0.2) is 37.1 Å². The Morgan fingerprint density at radius 3 is 2.29 bits per heavy atom. The SMILES string of the molecule is CNC(C)CC(C)N(C)C(C)C1CC1. The molecule has 0 amide bonds. The Hall–Kier alpha value is -0.0800. The van der Waals surface area contributed by atoms with Gasteiger partial charge in [-0.2, -0.15) is 0 Å². The first-order valence-electron chi connectivity index (χ1n) is 5.95. The van der Waals surface area contributed by atoms with Crippen LogP contribution in [0.15, 0.2) is 0 Å². The molecular weight excluding hydrogens is 172 g/mol. The maximum atomic E-state index is 3.31. The summed E-state index contributed by atoms with van der Waals surface area (Å²) in [7, 11) is 4.32. The monoisotopic (exact) mass is 198 g/mol. The zero-order valence-corrected chi connectivity index (χ0v) is 10.4. The molecule has 0 saturated heterocycles. The summed E-state index contributed by atoms with van der Waals surface area (Å²) in [4.78, 5) is 2.55. The van der Waals surface area contributed by atoms with Crippen molar-refractivity contribution < 1.29 is 0 Å². The van der Waals surface area contributed by atoms with E-state index in [1.165, 1.54) is 19.3 Å². The first-order valence-corrected chi connectivity index (χ1v) is 5.95. The van der Waals surface area contributed by atoms with Gasteiger partial charge in [-0.15, -0.1) is 0 Å². The second-order valence-electron chi connectivity index (χ2n) is 5.02. The van der Waals surface area contributed by atoms with Gasteiger partial charge < -0.3 is 10.2 Å². The third-order valence-corrected chi connectivity index (χ3v) is 3.83. The van der Waals surface area contributed by atoms with Crippen molar-refractivity contribution in [2.75, 3.05) is 14.1 Å². The van der Waals surface area contributed by atoms with E-state index in [1.54, 1.807) is 0 Å². The van der Waals surface area contributed by atoms with Gasteiger partial charge in [-0.05, 0) is 60.0 Å². The zero-order valence-electron chi connectivity index (χ0n) is 10.4. The molecule has 0 aromatic rings. The summed E-state index contributed by atoms with van der Waals surface area (Å²) in [5, 5.41) is 3.31. The molecule has 0 radical (unpaired) electrons.